The van der Waals surface area contributed by atoms with Crippen LogP contribution in [0.5, 0.6) is 0 Å². The smallest absolute Gasteiger partial charge is 0.164 e. The van der Waals surface area contributed by atoms with Crippen molar-refractivity contribution in [2.75, 3.05) is 0 Å². The average Bonchev–Trinajstić information content (AvgIpc) is 3.86. The molecule has 302 valence electrons. The number of hydrogen-bond donors (Lipinski definition) is 0. The minimum Gasteiger partial charge on any atom is -0.456 e. The highest BCUT2D eigenvalue weighted by atomic mass is 16.3. The molecule has 9 aromatic carbocycles. The van der Waals surface area contributed by atoms with Crippen LogP contribution in [-0.2, 0) is 5.41 Å². The highest BCUT2D eigenvalue weighted by Gasteiger charge is 2.38. The first-order valence-electron chi connectivity index (χ1n) is 21.8. The third-order valence-corrected chi connectivity index (χ3v) is 12.9. The van der Waals surface area contributed by atoms with Gasteiger partial charge in [-0.1, -0.05) is 190 Å². The number of nitrogens with zero attached hydrogens (tertiary/aromatic N) is 3. The number of rotatable bonds is 7. The molecular formula is C60H41N3O. The van der Waals surface area contributed by atoms with Crippen molar-refractivity contribution in [2.24, 2.45) is 0 Å². The van der Waals surface area contributed by atoms with E-state index >= 15 is 0 Å². The summed E-state index contributed by atoms with van der Waals surface area (Å²) in [5.74, 6) is 1.87. The maximum atomic E-state index is 6.62. The molecule has 1 aliphatic rings. The first-order valence-corrected chi connectivity index (χ1v) is 21.8. The first kappa shape index (κ1) is 37.5. The van der Waals surface area contributed by atoms with E-state index in [2.05, 4.69) is 220 Å². The Morgan fingerprint density at radius 3 is 1.56 bits per heavy atom. The number of fused-ring (bicyclic) bond motifs is 6. The fraction of sp³-hybridized carbons (Fsp3) is 0.0500. The van der Waals surface area contributed by atoms with Crippen LogP contribution < -0.4 is 0 Å². The third-order valence-electron chi connectivity index (χ3n) is 12.9. The highest BCUT2D eigenvalue weighted by Crippen LogP contribution is 2.52. The zero-order valence-electron chi connectivity index (χ0n) is 35.5. The lowest BCUT2D eigenvalue weighted by atomic mass is 9.80. The highest BCUT2D eigenvalue weighted by molar-refractivity contribution is 6.13. The second kappa shape index (κ2) is 15.0. The van der Waals surface area contributed by atoms with Crippen molar-refractivity contribution in [2.45, 2.75) is 19.3 Å². The third kappa shape index (κ3) is 6.34. The SMILES string of the molecule is CC1(C)c2ccccc2-c2cccc(-c3nc(-c4ccc(-c5ccccc5)cc4)nc(-c4cc(-c5ccccc5)cc(-c5ccc6c(c5)oc5cccc(-c7ccccc7)c56)c4)n3)c21. The molecule has 0 saturated carbocycles. The summed E-state index contributed by atoms with van der Waals surface area (Å²) in [5, 5.41) is 2.21. The number of hydrogen-bond acceptors (Lipinski definition) is 4. The Balaban J connectivity index is 1.05. The van der Waals surface area contributed by atoms with Crippen molar-refractivity contribution < 1.29 is 4.42 Å². The van der Waals surface area contributed by atoms with E-state index in [0.29, 0.717) is 17.5 Å². The van der Waals surface area contributed by atoms with Crippen molar-refractivity contribution in [3.63, 3.8) is 0 Å². The van der Waals surface area contributed by atoms with Gasteiger partial charge in [0.2, 0.25) is 0 Å². The molecule has 4 nitrogen and oxygen atoms in total. The average molecular weight is 820 g/mol. The molecule has 4 heteroatoms. The summed E-state index contributed by atoms with van der Waals surface area (Å²) in [4.78, 5) is 16.1. The monoisotopic (exact) mass is 819 g/mol. The zero-order valence-corrected chi connectivity index (χ0v) is 35.5. The van der Waals surface area contributed by atoms with E-state index in [-0.39, 0.29) is 5.41 Å². The molecule has 0 aliphatic heterocycles. The Morgan fingerprint density at radius 2 is 0.828 bits per heavy atom. The number of benzene rings is 9. The van der Waals surface area contributed by atoms with Gasteiger partial charge in [0.05, 0.1) is 0 Å². The van der Waals surface area contributed by atoms with E-state index in [9.17, 15) is 0 Å². The predicted octanol–water partition coefficient (Wildman–Crippen LogP) is 15.7. The molecule has 11 aromatic rings. The molecule has 0 saturated heterocycles. The minimum atomic E-state index is -0.260. The van der Waals surface area contributed by atoms with E-state index < -0.39 is 0 Å². The molecule has 2 aromatic heterocycles. The molecule has 0 bridgehead atoms. The summed E-state index contributed by atoms with van der Waals surface area (Å²) < 4.78 is 6.62. The van der Waals surface area contributed by atoms with Gasteiger partial charge in [0, 0.05) is 32.9 Å². The van der Waals surface area contributed by atoms with Gasteiger partial charge in [0.25, 0.3) is 0 Å². The van der Waals surface area contributed by atoms with Crippen LogP contribution in [-0.4, -0.2) is 15.0 Å². The van der Waals surface area contributed by atoms with Gasteiger partial charge < -0.3 is 4.42 Å². The normalized spacial score (nSPS) is 12.7. The van der Waals surface area contributed by atoms with E-state index in [1.54, 1.807) is 0 Å². The van der Waals surface area contributed by atoms with Gasteiger partial charge in [-0.2, -0.15) is 0 Å². The molecule has 64 heavy (non-hydrogen) atoms. The summed E-state index contributed by atoms with van der Waals surface area (Å²) in [6, 6.07) is 74.9. The predicted molar refractivity (Wildman–Crippen MR) is 263 cm³/mol. The van der Waals surface area contributed by atoms with Crippen LogP contribution in [0.1, 0.15) is 25.0 Å². The van der Waals surface area contributed by atoms with Gasteiger partial charge in [-0.15, -0.1) is 0 Å². The summed E-state index contributed by atoms with van der Waals surface area (Å²) in [6.07, 6.45) is 0. The van der Waals surface area contributed by atoms with Crippen molar-refractivity contribution in [1.29, 1.82) is 0 Å². The van der Waals surface area contributed by atoms with Crippen LogP contribution in [0.3, 0.4) is 0 Å². The van der Waals surface area contributed by atoms with Gasteiger partial charge >= 0.3 is 0 Å². The van der Waals surface area contributed by atoms with Crippen molar-refractivity contribution in [3.05, 3.63) is 223 Å². The minimum absolute atomic E-state index is 0.260. The van der Waals surface area contributed by atoms with Gasteiger partial charge in [-0.05, 0) is 103 Å². The molecule has 0 atom stereocenters. The molecule has 0 radical (unpaired) electrons. The molecule has 1 aliphatic carbocycles. The van der Waals surface area contributed by atoms with Crippen molar-refractivity contribution in [3.8, 4) is 89.8 Å². The van der Waals surface area contributed by atoms with Gasteiger partial charge in [-0.3, -0.25) is 0 Å². The molecular weight excluding hydrogens is 779 g/mol. The lowest BCUT2D eigenvalue weighted by molar-refractivity contribution is 0.661. The second-order valence-electron chi connectivity index (χ2n) is 17.2. The van der Waals surface area contributed by atoms with Crippen molar-refractivity contribution >= 4 is 21.9 Å². The topological polar surface area (TPSA) is 51.8 Å². The van der Waals surface area contributed by atoms with Crippen LogP contribution in [0.15, 0.2) is 217 Å². The van der Waals surface area contributed by atoms with E-state index in [4.69, 9.17) is 19.4 Å². The van der Waals surface area contributed by atoms with Gasteiger partial charge in [0.1, 0.15) is 11.2 Å². The molecule has 2 heterocycles. The molecule has 0 amide bonds. The molecule has 0 N–H and O–H groups in total. The van der Waals surface area contributed by atoms with Crippen LogP contribution in [0, 0.1) is 0 Å². The molecule has 0 unspecified atom stereocenters. The largest absolute Gasteiger partial charge is 0.456 e. The van der Waals surface area contributed by atoms with Crippen LogP contribution in [0.25, 0.3) is 112 Å². The van der Waals surface area contributed by atoms with E-state index in [1.807, 2.05) is 6.07 Å². The van der Waals surface area contributed by atoms with Gasteiger partial charge in [0.15, 0.2) is 17.5 Å². The second-order valence-corrected chi connectivity index (χ2v) is 17.2. The number of aromatic nitrogens is 3. The Bertz CT molecular complexity index is 3560. The number of furan rings is 1. The summed E-state index contributed by atoms with van der Waals surface area (Å²) in [6.45, 7) is 4.62. The Labute approximate surface area is 372 Å². The standard InChI is InChI=1S/C60H41N3O/c1-60(2)52-26-13-12-22-48(52)49-24-14-25-51(56(49)60)59-62-57(42-30-28-40(29-31-42)38-16-6-3-7-17-38)61-58(63-59)46-35-44(39-18-8-4-9-19-39)34-45(36-46)43-32-33-50-54(37-43)64-53-27-15-23-47(55(50)53)41-20-10-5-11-21-41/h3-37H,1-2H3. The summed E-state index contributed by atoms with van der Waals surface area (Å²) in [5.41, 5.74) is 18.2. The maximum Gasteiger partial charge on any atom is 0.164 e. The van der Waals surface area contributed by atoms with Gasteiger partial charge in [-0.25, -0.2) is 15.0 Å². The fourth-order valence-corrected chi connectivity index (χ4v) is 9.82. The lowest BCUT2D eigenvalue weighted by Crippen LogP contribution is -2.17. The van der Waals surface area contributed by atoms with Crippen LogP contribution in [0.4, 0.5) is 0 Å². The Kier molecular flexibility index (Phi) is 8.80. The summed E-state index contributed by atoms with van der Waals surface area (Å²) in [7, 11) is 0. The zero-order chi connectivity index (χ0) is 42.8. The quantitative estimate of drug-likeness (QED) is 0.161. The molecule has 0 fully saturated rings. The van der Waals surface area contributed by atoms with Crippen LogP contribution >= 0.6 is 0 Å². The first-order chi connectivity index (χ1) is 31.5. The van der Waals surface area contributed by atoms with E-state index in [1.165, 1.54) is 22.3 Å². The Hall–Kier alpha value is -8.21. The lowest BCUT2D eigenvalue weighted by Gasteiger charge is -2.24. The van der Waals surface area contributed by atoms with E-state index in [0.717, 1.165) is 83.1 Å². The summed E-state index contributed by atoms with van der Waals surface area (Å²) >= 11 is 0. The van der Waals surface area contributed by atoms with Crippen molar-refractivity contribution in [1.82, 2.24) is 15.0 Å². The molecule has 0 spiro atoms. The maximum absolute atomic E-state index is 6.62. The Morgan fingerprint density at radius 1 is 0.328 bits per heavy atom. The molecule has 12 rings (SSSR count). The van der Waals surface area contributed by atoms with Crippen LogP contribution in [0.2, 0.25) is 0 Å². The fourth-order valence-electron chi connectivity index (χ4n) is 9.82.